The van der Waals surface area contributed by atoms with Crippen LogP contribution in [0.3, 0.4) is 0 Å². The number of rotatable bonds is 8. The van der Waals surface area contributed by atoms with E-state index in [1.54, 1.807) is 12.1 Å². The van der Waals surface area contributed by atoms with Crippen LogP contribution in [-0.2, 0) is 33.9 Å². The van der Waals surface area contributed by atoms with Crippen molar-refractivity contribution in [2.75, 3.05) is 0 Å². The third kappa shape index (κ3) is 5.81. The van der Waals surface area contributed by atoms with Gasteiger partial charge in [-0.25, -0.2) is 4.79 Å². The molecule has 4 heteroatoms. The zero-order valence-electron chi connectivity index (χ0n) is 15.5. The van der Waals surface area contributed by atoms with Gasteiger partial charge in [-0.2, -0.15) is 0 Å². The lowest BCUT2D eigenvalue weighted by atomic mass is 10.0. The number of aryl methyl sites for hydroxylation is 1. The minimum absolute atomic E-state index is 0.204. The summed E-state index contributed by atoms with van der Waals surface area (Å²) in [5.41, 5.74) is 3.13. The molecule has 0 radical (unpaired) electrons. The van der Waals surface area contributed by atoms with Crippen molar-refractivity contribution in [3.63, 3.8) is 0 Å². The predicted molar refractivity (Wildman–Crippen MR) is 107 cm³/mol. The van der Waals surface area contributed by atoms with Gasteiger partial charge >= 0.3 is 11.9 Å². The molecule has 0 aliphatic rings. The first-order valence-electron chi connectivity index (χ1n) is 9.21. The maximum atomic E-state index is 12.5. The van der Waals surface area contributed by atoms with Crippen LogP contribution in [-0.4, -0.2) is 11.9 Å². The van der Waals surface area contributed by atoms with Crippen LogP contribution in [0.5, 0.6) is 0 Å². The number of hydrogen-bond donors (Lipinski definition) is 0. The molecule has 0 unspecified atom stereocenters. The van der Waals surface area contributed by atoms with Crippen molar-refractivity contribution in [2.24, 2.45) is 0 Å². The average Bonchev–Trinajstić information content (AvgIpc) is 2.76. The van der Waals surface area contributed by atoms with E-state index in [0.717, 1.165) is 16.7 Å². The Labute approximate surface area is 164 Å². The first kappa shape index (κ1) is 19.4. The molecule has 142 valence electrons. The van der Waals surface area contributed by atoms with E-state index in [9.17, 15) is 9.59 Å². The zero-order chi connectivity index (χ0) is 19.6. The topological polar surface area (TPSA) is 52.6 Å². The van der Waals surface area contributed by atoms with E-state index in [1.807, 2.05) is 72.8 Å². The smallest absolute Gasteiger partial charge is 0.338 e. The molecule has 0 atom stereocenters. The van der Waals surface area contributed by atoms with Gasteiger partial charge in [0.2, 0.25) is 0 Å². The second-order valence-corrected chi connectivity index (χ2v) is 6.37. The molecule has 0 spiro atoms. The van der Waals surface area contributed by atoms with E-state index in [1.165, 1.54) is 0 Å². The van der Waals surface area contributed by atoms with Crippen LogP contribution in [0.4, 0.5) is 0 Å². The lowest BCUT2D eigenvalue weighted by Gasteiger charge is -2.10. The molecule has 28 heavy (non-hydrogen) atoms. The molecule has 4 nitrogen and oxygen atoms in total. The Morgan fingerprint density at radius 3 is 1.82 bits per heavy atom. The highest BCUT2D eigenvalue weighted by atomic mass is 16.5. The van der Waals surface area contributed by atoms with E-state index in [2.05, 4.69) is 0 Å². The third-order valence-corrected chi connectivity index (χ3v) is 4.29. The second-order valence-electron chi connectivity index (χ2n) is 6.37. The Kier molecular flexibility index (Phi) is 6.96. The minimum atomic E-state index is -0.392. The van der Waals surface area contributed by atoms with Crippen LogP contribution in [0.15, 0.2) is 84.9 Å². The predicted octanol–water partition coefficient (Wildman–Crippen LogP) is 4.72. The van der Waals surface area contributed by atoms with Gasteiger partial charge in [0.05, 0.1) is 5.56 Å². The molecule has 0 aromatic heterocycles. The van der Waals surface area contributed by atoms with Crippen molar-refractivity contribution in [1.82, 2.24) is 0 Å². The van der Waals surface area contributed by atoms with E-state index in [0.29, 0.717) is 12.0 Å². The first-order valence-corrected chi connectivity index (χ1v) is 9.21. The maximum Gasteiger partial charge on any atom is 0.338 e. The quantitative estimate of drug-likeness (QED) is 0.536. The van der Waals surface area contributed by atoms with E-state index < -0.39 is 5.97 Å². The van der Waals surface area contributed by atoms with Gasteiger partial charge in [0.1, 0.15) is 13.2 Å². The molecule has 0 saturated heterocycles. The van der Waals surface area contributed by atoms with Gasteiger partial charge in [0.25, 0.3) is 0 Å². The van der Waals surface area contributed by atoms with Crippen LogP contribution in [0.2, 0.25) is 0 Å². The van der Waals surface area contributed by atoms with Gasteiger partial charge in [-0.15, -0.1) is 0 Å². The summed E-state index contributed by atoms with van der Waals surface area (Å²) in [4.78, 5) is 24.5. The average molecular weight is 374 g/mol. The molecule has 3 rings (SSSR count). The van der Waals surface area contributed by atoms with Gasteiger partial charge in [-0.05, 0) is 29.2 Å². The van der Waals surface area contributed by atoms with Crippen molar-refractivity contribution in [1.29, 1.82) is 0 Å². The molecular formula is C24H22O4. The Bertz CT molecular complexity index is 904. The molecular weight excluding hydrogens is 352 g/mol. The maximum absolute atomic E-state index is 12.5. The molecule has 0 aliphatic heterocycles. The van der Waals surface area contributed by atoms with Gasteiger partial charge in [-0.1, -0.05) is 78.9 Å². The summed E-state index contributed by atoms with van der Waals surface area (Å²) in [6, 6.07) is 26.3. The largest absolute Gasteiger partial charge is 0.461 e. The monoisotopic (exact) mass is 374 g/mol. The Morgan fingerprint density at radius 1 is 0.643 bits per heavy atom. The lowest BCUT2D eigenvalue weighted by Crippen LogP contribution is -2.11. The molecule has 0 saturated carbocycles. The molecule has 0 aliphatic carbocycles. The fourth-order valence-electron chi connectivity index (χ4n) is 2.79. The van der Waals surface area contributed by atoms with Crippen LogP contribution in [0.1, 0.15) is 33.5 Å². The molecule has 0 fully saturated rings. The zero-order valence-corrected chi connectivity index (χ0v) is 15.5. The van der Waals surface area contributed by atoms with Crippen LogP contribution >= 0.6 is 0 Å². The first-order chi connectivity index (χ1) is 13.7. The van der Waals surface area contributed by atoms with Gasteiger partial charge < -0.3 is 9.47 Å². The van der Waals surface area contributed by atoms with Crippen molar-refractivity contribution in [2.45, 2.75) is 26.1 Å². The van der Waals surface area contributed by atoms with E-state index >= 15 is 0 Å². The summed E-state index contributed by atoms with van der Waals surface area (Å²) < 4.78 is 10.7. The normalized spacial score (nSPS) is 10.3. The summed E-state index contributed by atoms with van der Waals surface area (Å²) in [5.74, 6) is -0.687. The fourth-order valence-corrected chi connectivity index (χ4v) is 2.79. The van der Waals surface area contributed by atoms with Gasteiger partial charge in [0.15, 0.2) is 0 Å². The van der Waals surface area contributed by atoms with Gasteiger partial charge in [-0.3, -0.25) is 4.79 Å². The summed E-state index contributed by atoms with van der Waals surface area (Å²) >= 11 is 0. The van der Waals surface area contributed by atoms with Gasteiger partial charge in [0, 0.05) is 6.42 Å². The summed E-state index contributed by atoms with van der Waals surface area (Å²) in [7, 11) is 0. The number of hydrogen-bond acceptors (Lipinski definition) is 4. The summed E-state index contributed by atoms with van der Waals surface area (Å²) in [5, 5.41) is 0. The fraction of sp³-hybridized carbons (Fsp3) is 0.167. The number of carbonyl (C=O) groups is 2. The van der Waals surface area contributed by atoms with Crippen LogP contribution < -0.4 is 0 Å². The Balaban J connectivity index is 1.53. The highest BCUT2D eigenvalue weighted by Gasteiger charge is 2.14. The summed E-state index contributed by atoms with van der Waals surface area (Å²) in [6.45, 7) is 0.466. The second kappa shape index (κ2) is 10.1. The Hall–Kier alpha value is -3.40. The number of ether oxygens (including phenoxy) is 2. The molecule has 0 amide bonds. The van der Waals surface area contributed by atoms with E-state index in [-0.39, 0.29) is 25.6 Å². The SMILES string of the molecule is O=C(CCc1ccccc1C(=O)OCc1ccccc1)OCc1ccccc1. The molecule has 3 aromatic rings. The number of carbonyl (C=O) groups excluding carboxylic acids is 2. The minimum Gasteiger partial charge on any atom is -0.461 e. The molecule has 0 bridgehead atoms. The molecule has 0 N–H and O–H groups in total. The van der Waals surface area contributed by atoms with E-state index in [4.69, 9.17) is 9.47 Å². The highest BCUT2D eigenvalue weighted by molar-refractivity contribution is 5.91. The molecule has 0 heterocycles. The number of esters is 2. The number of benzene rings is 3. The standard InChI is InChI=1S/C24H22O4/c25-23(27-17-19-9-3-1-4-10-19)16-15-21-13-7-8-14-22(21)24(26)28-18-20-11-5-2-6-12-20/h1-14H,15-18H2. The van der Waals surface area contributed by atoms with Crippen molar-refractivity contribution < 1.29 is 19.1 Å². The molecule has 3 aromatic carbocycles. The lowest BCUT2D eigenvalue weighted by molar-refractivity contribution is -0.144. The van der Waals surface area contributed by atoms with Crippen molar-refractivity contribution in [3.05, 3.63) is 107 Å². The highest BCUT2D eigenvalue weighted by Crippen LogP contribution is 2.14. The Morgan fingerprint density at radius 2 is 1.18 bits per heavy atom. The van der Waals surface area contributed by atoms with Crippen molar-refractivity contribution in [3.8, 4) is 0 Å². The van der Waals surface area contributed by atoms with Crippen molar-refractivity contribution >= 4 is 11.9 Å². The van der Waals surface area contributed by atoms with Crippen LogP contribution in [0.25, 0.3) is 0 Å². The third-order valence-electron chi connectivity index (χ3n) is 4.29. The van der Waals surface area contributed by atoms with Crippen LogP contribution in [0, 0.1) is 0 Å². The summed E-state index contributed by atoms with van der Waals surface area (Å²) in [6.07, 6.45) is 0.625.